The van der Waals surface area contributed by atoms with Crippen LogP contribution >= 0.6 is 43.6 Å². The smallest absolute Gasteiger partial charge is 0.258 e. The lowest BCUT2D eigenvalue weighted by atomic mass is 10.1. The van der Waals surface area contributed by atoms with Crippen LogP contribution < -0.4 is 0 Å². The average molecular weight is 556 g/mol. The van der Waals surface area contributed by atoms with E-state index in [1.165, 1.54) is 0 Å². The molecule has 2 aromatic rings. The molecule has 0 unspecified atom stereocenters. The van der Waals surface area contributed by atoms with Gasteiger partial charge in [0.2, 0.25) is 0 Å². The zero-order valence-electron chi connectivity index (χ0n) is 13.0. The largest absolute Gasteiger partial charge is 0.460 e. The highest BCUT2D eigenvalue weighted by Gasteiger charge is 2.73. The fourth-order valence-electron chi connectivity index (χ4n) is 1.97. The van der Waals surface area contributed by atoms with E-state index in [2.05, 4.69) is 37.9 Å². The molecule has 0 atom stereocenters. The van der Waals surface area contributed by atoms with Crippen molar-refractivity contribution in [2.24, 2.45) is 0 Å². The lowest BCUT2D eigenvalue weighted by molar-refractivity contribution is -0.384. The van der Waals surface area contributed by atoms with Crippen molar-refractivity contribution < 1.29 is 35.7 Å². The maximum Gasteiger partial charge on any atom is 0.460 e. The molecule has 0 aliphatic rings. The van der Waals surface area contributed by atoms with Gasteiger partial charge in [0.25, 0.3) is 5.69 Å². The number of thioether (sulfide) groups is 1. The predicted molar refractivity (Wildman–Crippen MR) is 94.6 cm³/mol. The molecule has 0 amide bonds. The molecule has 2 rings (SSSR count). The number of hydrogen-bond donors (Lipinski definition) is 0. The minimum atomic E-state index is -6.47. The van der Waals surface area contributed by atoms with Crippen LogP contribution in [0.5, 0.6) is 0 Å². The second-order valence-corrected chi connectivity index (χ2v) is 7.97. The number of alkyl halides is 7. The molecule has 0 fully saturated rings. The standard InChI is InChI=1S/C15H5Br2F7NO2S/c16-8-5-10(17)12(7-1-3-9(4-2-7)25(26)27)11(6-8)28-15(23,24)13(18,19)14(20,21)22/h1-4,6H. The summed E-state index contributed by atoms with van der Waals surface area (Å²) in [6, 6.07) is 7.84. The Labute approximate surface area is 173 Å². The first-order valence-corrected chi connectivity index (χ1v) is 9.25. The maximum atomic E-state index is 13.9. The van der Waals surface area contributed by atoms with Crippen LogP contribution in [0.15, 0.2) is 44.2 Å². The van der Waals surface area contributed by atoms with E-state index in [0.717, 1.165) is 30.3 Å². The summed E-state index contributed by atoms with van der Waals surface area (Å²) in [4.78, 5) is 9.36. The Hall–Kier alpha value is -1.34. The number of nitro groups is 1. The van der Waals surface area contributed by atoms with Crippen molar-refractivity contribution in [2.75, 3.05) is 0 Å². The van der Waals surface area contributed by atoms with E-state index >= 15 is 0 Å². The van der Waals surface area contributed by atoms with E-state index in [-0.39, 0.29) is 25.8 Å². The minimum Gasteiger partial charge on any atom is -0.258 e. The molecule has 0 aromatic heterocycles. The Balaban J connectivity index is 2.58. The second kappa shape index (κ2) is 7.82. The summed E-state index contributed by atoms with van der Waals surface area (Å²) in [6.45, 7) is 0. The fourth-order valence-corrected chi connectivity index (χ4v) is 4.62. The van der Waals surface area contributed by atoms with Crippen LogP contribution in [0.2, 0.25) is 0 Å². The molecule has 28 heavy (non-hydrogen) atoms. The molecule has 13 heteroatoms. The molecule has 0 N–H and O–H groups in total. The van der Waals surface area contributed by atoms with Gasteiger partial charge in [-0.25, -0.2) is 0 Å². The first-order valence-electron chi connectivity index (χ1n) is 6.85. The first-order chi connectivity index (χ1) is 12.7. The van der Waals surface area contributed by atoms with Gasteiger partial charge in [0.15, 0.2) is 0 Å². The van der Waals surface area contributed by atoms with Crippen LogP contribution in [0.4, 0.5) is 36.4 Å². The number of benzene rings is 2. The van der Waals surface area contributed by atoms with E-state index in [0.29, 0.717) is 0 Å². The molecule has 0 aliphatic carbocycles. The molecular formula is C15H5Br2F7NO2S. The number of rotatable bonds is 5. The summed E-state index contributed by atoms with van der Waals surface area (Å²) >= 11 is 4.92. The van der Waals surface area contributed by atoms with Crippen molar-refractivity contribution in [3.8, 4) is 11.1 Å². The van der Waals surface area contributed by atoms with Crippen molar-refractivity contribution in [3.05, 3.63) is 55.5 Å². The van der Waals surface area contributed by atoms with Gasteiger partial charge in [-0.15, -0.1) is 0 Å². The lowest BCUT2D eigenvalue weighted by Gasteiger charge is -2.28. The van der Waals surface area contributed by atoms with E-state index < -0.39 is 38.9 Å². The maximum absolute atomic E-state index is 13.9. The third kappa shape index (κ3) is 4.46. The molecule has 2 aromatic carbocycles. The van der Waals surface area contributed by atoms with E-state index in [1.54, 1.807) is 0 Å². The minimum absolute atomic E-state index is 0.0126. The van der Waals surface area contributed by atoms with Crippen molar-refractivity contribution in [2.45, 2.75) is 22.2 Å². The van der Waals surface area contributed by atoms with Gasteiger partial charge in [-0.3, -0.25) is 10.1 Å². The topological polar surface area (TPSA) is 43.1 Å². The normalized spacial score (nSPS) is 12.9. The summed E-state index contributed by atoms with van der Waals surface area (Å²) in [5, 5.41) is 5.18. The Kier molecular flexibility index (Phi) is 6.41. The quantitative estimate of drug-likeness (QED) is 0.166. The average Bonchev–Trinajstić information content (AvgIpc) is 2.53. The zero-order valence-corrected chi connectivity index (χ0v) is 16.9. The van der Waals surface area contributed by atoms with Crippen LogP contribution in [0.3, 0.4) is 0 Å². The summed E-state index contributed by atoms with van der Waals surface area (Å²) in [5.41, 5.74) is -0.445. The number of non-ortho nitro benzene ring substituents is 1. The van der Waals surface area contributed by atoms with Crippen molar-refractivity contribution in [3.63, 3.8) is 0 Å². The molecular weight excluding hydrogens is 551 g/mol. The highest BCUT2D eigenvalue weighted by molar-refractivity contribution is 9.11. The third-order valence-corrected chi connectivity index (χ3v) is 5.36. The number of nitro benzene ring substituents is 1. The number of halogens is 9. The SMILES string of the molecule is O=[N+]([O-])c1ccc(-c2c(Br)[c]c(Br)cc2SC(F)(F)C(F)(F)C(F)(F)F)cc1. The van der Waals surface area contributed by atoms with Crippen LogP contribution in [-0.4, -0.2) is 22.3 Å². The number of hydrogen-bond acceptors (Lipinski definition) is 3. The van der Waals surface area contributed by atoms with Crippen LogP contribution in [0, 0.1) is 16.2 Å². The van der Waals surface area contributed by atoms with Gasteiger partial charge in [-0.1, -0.05) is 15.9 Å². The monoisotopic (exact) mass is 554 g/mol. The van der Waals surface area contributed by atoms with Gasteiger partial charge < -0.3 is 0 Å². The molecule has 3 nitrogen and oxygen atoms in total. The van der Waals surface area contributed by atoms with Crippen molar-refractivity contribution in [1.82, 2.24) is 0 Å². The summed E-state index contributed by atoms with van der Waals surface area (Å²) in [6.07, 6.45) is -6.47. The Morgan fingerprint density at radius 2 is 1.54 bits per heavy atom. The van der Waals surface area contributed by atoms with E-state index in [4.69, 9.17) is 0 Å². The predicted octanol–water partition coefficient (Wildman–Crippen LogP) is 7.47. The van der Waals surface area contributed by atoms with E-state index in [1.807, 2.05) is 0 Å². The van der Waals surface area contributed by atoms with Crippen LogP contribution in [0.25, 0.3) is 11.1 Å². The summed E-state index contributed by atoms with van der Waals surface area (Å²) < 4.78 is 91.5. The Morgan fingerprint density at radius 1 is 1.00 bits per heavy atom. The molecule has 0 saturated heterocycles. The van der Waals surface area contributed by atoms with Gasteiger partial charge >= 0.3 is 17.4 Å². The van der Waals surface area contributed by atoms with Gasteiger partial charge in [0.05, 0.1) is 4.92 Å². The van der Waals surface area contributed by atoms with Crippen molar-refractivity contribution >= 4 is 49.3 Å². The fraction of sp³-hybridized carbons (Fsp3) is 0.200. The van der Waals surface area contributed by atoms with Gasteiger partial charge in [-0.05, 0) is 51.5 Å². The second-order valence-electron chi connectivity index (χ2n) is 5.17. The molecule has 0 bridgehead atoms. The zero-order chi connectivity index (χ0) is 21.5. The Morgan fingerprint density at radius 3 is 2.00 bits per heavy atom. The highest BCUT2D eigenvalue weighted by atomic mass is 79.9. The molecule has 1 radical (unpaired) electrons. The molecule has 0 saturated carbocycles. The highest BCUT2D eigenvalue weighted by Crippen LogP contribution is 2.56. The van der Waals surface area contributed by atoms with E-state index in [9.17, 15) is 40.8 Å². The van der Waals surface area contributed by atoms with Gasteiger partial charge in [-0.2, -0.15) is 30.7 Å². The number of nitrogens with zero attached hydrogens (tertiary/aromatic N) is 1. The van der Waals surface area contributed by atoms with Crippen LogP contribution in [0.1, 0.15) is 0 Å². The first kappa shape index (κ1) is 22.9. The van der Waals surface area contributed by atoms with Gasteiger partial charge in [0.1, 0.15) is 0 Å². The third-order valence-electron chi connectivity index (χ3n) is 3.28. The van der Waals surface area contributed by atoms with Crippen molar-refractivity contribution in [1.29, 1.82) is 0 Å². The summed E-state index contributed by atoms with van der Waals surface area (Å²) in [7, 11) is 0. The molecule has 151 valence electrons. The Bertz CT molecular complexity index is 904. The molecule has 0 spiro atoms. The van der Waals surface area contributed by atoms with Crippen LogP contribution in [-0.2, 0) is 0 Å². The molecule has 0 heterocycles. The lowest BCUT2D eigenvalue weighted by Crippen LogP contribution is -2.49. The molecule has 0 aliphatic heterocycles. The van der Waals surface area contributed by atoms with Gasteiger partial charge in [0, 0.05) is 37.6 Å². The summed E-state index contributed by atoms with van der Waals surface area (Å²) in [5.74, 6) is -6.30.